The molecule has 1 aliphatic heterocycles. The summed E-state index contributed by atoms with van der Waals surface area (Å²) in [4.78, 5) is 17.7. The highest BCUT2D eigenvalue weighted by atomic mass is 19.1. The molecule has 1 amide bonds. The van der Waals surface area contributed by atoms with Crippen LogP contribution in [0.4, 0.5) is 13.6 Å². The fraction of sp³-hybridized carbons (Fsp3) is 0.667. The summed E-state index contributed by atoms with van der Waals surface area (Å²) < 4.78 is 32.0. The van der Waals surface area contributed by atoms with E-state index in [1.807, 2.05) is 0 Å². The molecule has 0 aromatic carbocycles. The number of carbonyl (C=O) groups excluding carboxylic acids is 1. The first-order valence-electron chi connectivity index (χ1n) is 8.76. The van der Waals surface area contributed by atoms with E-state index >= 15 is 0 Å². The molecule has 2 heterocycles. The lowest BCUT2D eigenvalue weighted by Crippen LogP contribution is -2.48. The lowest BCUT2D eigenvalue weighted by Gasteiger charge is -2.51. The van der Waals surface area contributed by atoms with Crippen LogP contribution in [0.5, 0.6) is 0 Å². The normalized spacial score (nSPS) is 20.0. The number of ether oxygens (including phenoxy) is 1. The average Bonchev–Trinajstić information content (AvgIpc) is 2.53. The number of halogens is 2. The first-order chi connectivity index (χ1) is 11.5. The summed E-state index contributed by atoms with van der Waals surface area (Å²) in [6, 6.07) is 0.905. The summed E-state index contributed by atoms with van der Waals surface area (Å²) in [5.74, 6) is -1.12. The second-order valence-corrected chi connectivity index (χ2v) is 7.08. The number of aromatic nitrogens is 1. The molecular weight excluding hydrogens is 314 g/mol. The number of hydrogen-bond donors (Lipinski definition) is 0. The zero-order valence-corrected chi connectivity index (χ0v) is 14.1. The molecule has 1 aromatic heterocycles. The third kappa shape index (κ3) is 3.52. The molecule has 2 aliphatic rings. The maximum atomic E-state index is 13.8. The van der Waals surface area contributed by atoms with E-state index in [0.29, 0.717) is 25.4 Å². The third-order valence-corrected chi connectivity index (χ3v) is 5.39. The van der Waals surface area contributed by atoms with Gasteiger partial charge in [-0.25, -0.2) is 13.6 Å². The summed E-state index contributed by atoms with van der Waals surface area (Å²) in [6.07, 6.45) is 6.30. The minimum atomic E-state index is -0.639. The van der Waals surface area contributed by atoms with Crippen molar-refractivity contribution in [1.29, 1.82) is 0 Å². The monoisotopic (exact) mass is 338 g/mol. The van der Waals surface area contributed by atoms with Gasteiger partial charge in [-0.05, 0) is 37.5 Å². The molecule has 0 N–H and O–H groups in total. The van der Waals surface area contributed by atoms with E-state index in [1.54, 1.807) is 4.90 Å². The zero-order valence-electron chi connectivity index (χ0n) is 14.1. The van der Waals surface area contributed by atoms with Crippen molar-refractivity contribution in [2.45, 2.75) is 51.4 Å². The number of pyridine rings is 1. The van der Waals surface area contributed by atoms with Crippen molar-refractivity contribution in [3.8, 4) is 0 Å². The first-order valence-corrected chi connectivity index (χ1v) is 8.76. The maximum absolute atomic E-state index is 13.8. The Kier molecular flexibility index (Phi) is 5.01. The van der Waals surface area contributed by atoms with Gasteiger partial charge in [0.1, 0.15) is 11.6 Å². The Hall–Kier alpha value is -1.72. The smallest absolute Gasteiger partial charge is 0.409 e. The quantitative estimate of drug-likeness (QED) is 0.771. The Morgan fingerprint density at radius 2 is 2.08 bits per heavy atom. The van der Waals surface area contributed by atoms with Crippen LogP contribution in [-0.2, 0) is 4.74 Å². The number of unbranched alkanes of at least 4 members (excludes halogenated alkanes) is 1. The Morgan fingerprint density at radius 1 is 1.38 bits per heavy atom. The molecule has 0 unspecified atom stereocenters. The van der Waals surface area contributed by atoms with E-state index in [9.17, 15) is 13.6 Å². The fourth-order valence-corrected chi connectivity index (χ4v) is 3.87. The van der Waals surface area contributed by atoms with Crippen LogP contribution in [0.2, 0.25) is 0 Å². The Morgan fingerprint density at radius 3 is 2.71 bits per heavy atom. The number of hydrogen-bond acceptors (Lipinski definition) is 3. The number of nitrogens with zero attached hydrogens (tertiary/aromatic N) is 2. The van der Waals surface area contributed by atoms with Gasteiger partial charge in [-0.3, -0.25) is 4.98 Å². The predicted molar refractivity (Wildman–Crippen MR) is 85.6 cm³/mol. The molecule has 1 aliphatic carbocycles. The summed E-state index contributed by atoms with van der Waals surface area (Å²) in [7, 11) is 0. The highest BCUT2D eigenvalue weighted by Crippen LogP contribution is 2.56. The molecule has 0 radical (unpaired) electrons. The van der Waals surface area contributed by atoms with Gasteiger partial charge in [-0.2, -0.15) is 0 Å². The molecule has 24 heavy (non-hydrogen) atoms. The van der Waals surface area contributed by atoms with Crippen LogP contribution in [0, 0.1) is 17.0 Å². The molecule has 1 saturated carbocycles. The predicted octanol–water partition coefficient (Wildman–Crippen LogP) is 4.26. The molecule has 4 nitrogen and oxygen atoms in total. The molecule has 1 saturated heterocycles. The number of likely N-dealkylation sites (tertiary alicyclic amines) is 1. The molecule has 0 bridgehead atoms. The van der Waals surface area contributed by atoms with Crippen LogP contribution in [0.3, 0.4) is 0 Å². The molecule has 6 heteroatoms. The van der Waals surface area contributed by atoms with Crippen LogP contribution >= 0.6 is 0 Å². The summed E-state index contributed by atoms with van der Waals surface area (Å²) >= 11 is 0. The molecule has 132 valence electrons. The van der Waals surface area contributed by atoms with Crippen LogP contribution in [-0.4, -0.2) is 35.7 Å². The topological polar surface area (TPSA) is 42.4 Å². The molecule has 2 fully saturated rings. The van der Waals surface area contributed by atoms with Gasteiger partial charge < -0.3 is 9.64 Å². The van der Waals surface area contributed by atoms with Crippen LogP contribution in [0.25, 0.3) is 0 Å². The molecule has 1 spiro atoms. The van der Waals surface area contributed by atoms with Gasteiger partial charge in [-0.1, -0.05) is 13.3 Å². The van der Waals surface area contributed by atoms with Crippen LogP contribution in [0.1, 0.15) is 57.1 Å². The maximum Gasteiger partial charge on any atom is 0.409 e. The van der Waals surface area contributed by atoms with Gasteiger partial charge >= 0.3 is 6.09 Å². The van der Waals surface area contributed by atoms with E-state index in [4.69, 9.17) is 4.74 Å². The lowest BCUT2D eigenvalue weighted by atomic mass is 9.56. The number of carbonyl (C=O) groups is 1. The largest absolute Gasteiger partial charge is 0.449 e. The van der Waals surface area contributed by atoms with Crippen molar-refractivity contribution in [1.82, 2.24) is 9.88 Å². The highest BCUT2D eigenvalue weighted by molar-refractivity contribution is 5.67. The van der Waals surface area contributed by atoms with Crippen molar-refractivity contribution in [3.05, 3.63) is 29.6 Å². The van der Waals surface area contributed by atoms with Crippen LogP contribution in [0.15, 0.2) is 12.3 Å². The third-order valence-electron chi connectivity index (χ3n) is 5.39. The number of piperidine rings is 1. The average molecular weight is 338 g/mol. The van der Waals surface area contributed by atoms with Gasteiger partial charge in [-0.15, -0.1) is 0 Å². The minimum Gasteiger partial charge on any atom is -0.449 e. The summed E-state index contributed by atoms with van der Waals surface area (Å²) in [5.41, 5.74) is 0.552. The SMILES string of the molecule is CCCCOC(=O)N1CCC2(CC1)CC(c1ncc(F)cc1F)C2. The second kappa shape index (κ2) is 7.03. The fourth-order valence-electron chi connectivity index (χ4n) is 3.87. The van der Waals surface area contributed by atoms with Crippen molar-refractivity contribution >= 4 is 6.09 Å². The van der Waals surface area contributed by atoms with Crippen molar-refractivity contribution in [2.75, 3.05) is 19.7 Å². The number of rotatable bonds is 4. The molecule has 1 aromatic rings. The molecule has 3 rings (SSSR count). The Labute approximate surface area is 141 Å². The molecular formula is C18H24F2N2O2. The lowest BCUT2D eigenvalue weighted by molar-refractivity contribution is 0.00970. The van der Waals surface area contributed by atoms with Gasteiger partial charge in [0.15, 0.2) is 0 Å². The van der Waals surface area contributed by atoms with Crippen molar-refractivity contribution < 1.29 is 18.3 Å². The van der Waals surface area contributed by atoms with E-state index in [0.717, 1.165) is 50.8 Å². The standard InChI is InChI=1S/C18H24F2N2O2/c1-2-3-8-24-17(23)22-6-4-18(5-7-22)10-13(11-18)16-15(20)9-14(19)12-21-16/h9,12-13H,2-8,10-11H2,1H3. The van der Waals surface area contributed by atoms with E-state index < -0.39 is 11.6 Å². The van der Waals surface area contributed by atoms with E-state index in [2.05, 4.69) is 11.9 Å². The van der Waals surface area contributed by atoms with Crippen molar-refractivity contribution in [2.24, 2.45) is 5.41 Å². The van der Waals surface area contributed by atoms with Gasteiger partial charge in [0.05, 0.1) is 18.5 Å². The number of amides is 1. The minimum absolute atomic E-state index is 0.0636. The Bertz CT molecular complexity index is 593. The highest BCUT2D eigenvalue weighted by Gasteiger charge is 2.48. The molecule has 0 atom stereocenters. The van der Waals surface area contributed by atoms with Gasteiger partial charge in [0, 0.05) is 25.1 Å². The second-order valence-electron chi connectivity index (χ2n) is 7.08. The summed E-state index contributed by atoms with van der Waals surface area (Å²) in [6.45, 7) is 3.92. The summed E-state index contributed by atoms with van der Waals surface area (Å²) in [5, 5.41) is 0. The Balaban J connectivity index is 1.49. The van der Waals surface area contributed by atoms with Gasteiger partial charge in [0.2, 0.25) is 0 Å². The van der Waals surface area contributed by atoms with E-state index in [-0.39, 0.29) is 17.4 Å². The zero-order chi connectivity index (χ0) is 17.2. The van der Waals surface area contributed by atoms with E-state index in [1.165, 1.54) is 0 Å². The van der Waals surface area contributed by atoms with Crippen molar-refractivity contribution in [3.63, 3.8) is 0 Å². The van der Waals surface area contributed by atoms with Gasteiger partial charge in [0.25, 0.3) is 0 Å². The van der Waals surface area contributed by atoms with Crippen LogP contribution < -0.4 is 0 Å². The first kappa shape index (κ1) is 17.1.